The fourth-order valence-corrected chi connectivity index (χ4v) is 2.30. The van der Waals surface area contributed by atoms with E-state index in [1.165, 1.54) is 6.07 Å². The number of hydrogen-bond donors (Lipinski definition) is 1. The average molecular weight is 259 g/mol. The number of carbonyl (C=O) groups excluding carboxylic acids is 1. The van der Waals surface area contributed by atoms with Crippen molar-refractivity contribution in [3.63, 3.8) is 0 Å². The first-order valence-corrected chi connectivity index (χ1v) is 6.17. The fraction of sp³-hybridized carbons (Fsp3) is 0.286. The molecule has 98 valence electrons. The van der Waals surface area contributed by atoms with Gasteiger partial charge in [-0.2, -0.15) is 0 Å². The summed E-state index contributed by atoms with van der Waals surface area (Å²) in [7, 11) is 1.80. The Morgan fingerprint density at radius 3 is 2.74 bits per heavy atom. The maximum Gasteiger partial charge on any atom is 0.237 e. The summed E-state index contributed by atoms with van der Waals surface area (Å²) in [5.41, 5.74) is -0.251. The molecule has 0 unspecified atom stereocenters. The highest BCUT2D eigenvalue weighted by Crippen LogP contribution is 2.49. The Labute approximate surface area is 110 Å². The zero-order valence-electron chi connectivity index (χ0n) is 10.6. The minimum absolute atomic E-state index is 0.188. The van der Waals surface area contributed by atoms with Crippen molar-refractivity contribution >= 4 is 11.9 Å². The van der Waals surface area contributed by atoms with Crippen LogP contribution in [0.2, 0.25) is 0 Å². The molecule has 0 atom stereocenters. The number of aromatic nitrogens is 2. The highest BCUT2D eigenvalue weighted by atomic mass is 19.1. The Morgan fingerprint density at radius 2 is 2.16 bits per heavy atom. The van der Waals surface area contributed by atoms with Gasteiger partial charge < -0.3 is 4.57 Å². The molecule has 1 amide bonds. The number of benzene rings is 1. The molecule has 19 heavy (non-hydrogen) atoms. The number of imidazole rings is 1. The molecular weight excluding hydrogens is 245 g/mol. The van der Waals surface area contributed by atoms with Crippen molar-refractivity contribution in [3.8, 4) is 0 Å². The molecule has 2 aromatic rings. The van der Waals surface area contributed by atoms with E-state index >= 15 is 0 Å². The predicted octanol–water partition coefficient (Wildman–Crippen LogP) is 2.23. The van der Waals surface area contributed by atoms with Gasteiger partial charge in [0, 0.05) is 25.0 Å². The number of carbonyl (C=O) groups is 1. The lowest BCUT2D eigenvalue weighted by molar-refractivity contribution is -0.118. The fourth-order valence-electron chi connectivity index (χ4n) is 2.30. The molecule has 1 N–H and O–H groups in total. The van der Waals surface area contributed by atoms with E-state index in [4.69, 9.17) is 0 Å². The topological polar surface area (TPSA) is 46.9 Å². The van der Waals surface area contributed by atoms with Gasteiger partial charge in [-0.25, -0.2) is 9.37 Å². The lowest BCUT2D eigenvalue weighted by atomic mass is 9.94. The van der Waals surface area contributed by atoms with Crippen molar-refractivity contribution in [2.24, 2.45) is 7.05 Å². The molecule has 1 aliphatic carbocycles. The number of nitrogens with zero attached hydrogens (tertiary/aromatic N) is 2. The smallest absolute Gasteiger partial charge is 0.237 e. The number of halogens is 1. The van der Waals surface area contributed by atoms with Crippen molar-refractivity contribution in [1.82, 2.24) is 9.55 Å². The van der Waals surface area contributed by atoms with E-state index in [-0.39, 0.29) is 11.7 Å². The maximum atomic E-state index is 13.8. The van der Waals surface area contributed by atoms with Crippen LogP contribution in [0.3, 0.4) is 0 Å². The normalized spacial score (nSPS) is 16.1. The summed E-state index contributed by atoms with van der Waals surface area (Å²) in [5.74, 6) is -0.0329. The number of anilines is 1. The molecule has 1 aliphatic rings. The molecule has 3 rings (SSSR count). The summed E-state index contributed by atoms with van der Waals surface area (Å²) >= 11 is 0. The average Bonchev–Trinajstić information content (AvgIpc) is 3.11. The molecule has 1 heterocycles. The minimum atomic E-state index is -0.725. The molecular formula is C14H14FN3O. The van der Waals surface area contributed by atoms with E-state index in [2.05, 4.69) is 10.3 Å². The first-order valence-electron chi connectivity index (χ1n) is 6.17. The number of amides is 1. The number of aryl methyl sites for hydroxylation is 1. The van der Waals surface area contributed by atoms with Crippen LogP contribution in [0.25, 0.3) is 0 Å². The predicted molar refractivity (Wildman–Crippen MR) is 69.1 cm³/mol. The van der Waals surface area contributed by atoms with Crippen molar-refractivity contribution in [1.29, 1.82) is 0 Å². The SMILES string of the molecule is Cn1ccnc1NC(=O)C1(c2ccccc2F)CC1. The molecule has 1 fully saturated rings. The quantitative estimate of drug-likeness (QED) is 0.918. The van der Waals surface area contributed by atoms with Crippen molar-refractivity contribution < 1.29 is 9.18 Å². The van der Waals surface area contributed by atoms with Gasteiger partial charge in [-0.05, 0) is 18.9 Å². The van der Waals surface area contributed by atoms with Crippen LogP contribution in [0.5, 0.6) is 0 Å². The third-order valence-corrected chi connectivity index (χ3v) is 3.62. The van der Waals surface area contributed by atoms with Crippen LogP contribution in [0.1, 0.15) is 18.4 Å². The minimum Gasteiger partial charge on any atom is -0.320 e. The highest BCUT2D eigenvalue weighted by molar-refractivity contribution is 6.00. The Hall–Kier alpha value is -2.17. The van der Waals surface area contributed by atoms with Crippen LogP contribution >= 0.6 is 0 Å². The highest BCUT2D eigenvalue weighted by Gasteiger charge is 2.52. The van der Waals surface area contributed by atoms with Crippen molar-refractivity contribution in [2.75, 3.05) is 5.32 Å². The van der Waals surface area contributed by atoms with Gasteiger partial charge in [-0.1, -0.05) is 18.2 Å². The summed E-state index contributed by atoms with van der Waals surface area (Å²) < 4.78 is 15.6. The van der Waals surface area contributed by atoms with Gasteiger partial charge in [0.2, 0.25) is 11.9 Å². The van der Waals surface area contributed by atoms with Crippen LogP contribution in [-0.2, 0) is 17.3 Å². The van der Waals surface area contributed by atoms with Gasteiger partial charge in [-0.15, -0.1) is 0 Å². The molecule has 0 saturated heterocycles. The standard InChI is InChI=1S/C14H14FN3O/c1-18-9-8-16-13(18)17-12(19)14(6-7-14)10-4-2-3-5-11(10)15/h2-5,8-9H,6-7H2,1H3,(H,16,17,19). The summed E-state index contributed by atoms with van der Waals surface area (Å²) in [6, 6.07) is 6.46. The third kappa shape index (κ3) is 1.91. The molecule has 0 spiro atoms. The second-order valence-corrected chi connectivity index (χ2v) is 4.88. The van der Waals surface area contributed by atoms with Crippen molar-refractivity contribution in [3.05, 3.63) is 48.0 Å². The summed E-state index contributed by atoms with van der Waals surface area (Å²) in [4.78, 5) is 16.4. The van der Waals surface area contributed by atoms with Gasteiger partial charge in [0.1, 0.15) is 5.82 Å². The first-order chi connectivity index (χ1) is 9.13. The van der Waals surface area contributed by atoms with E-state index in [1.807, 2.05) is 0 Å². The second-order valence-electron chi connectivity index (χ2n) is 4.88. The Bertz CT molecular complexity index is 631. The van der Waals surface area contributed by atoms with Crippen molar-refractivity contribution in [2.45, 2.75) is 18.3 Å². The molecule has 0 aliphatic heterocycles. The number of hydrogen-bond acceptors (Lipinski definition) is 2. The van der Waals surface area contributed by atoms with Gasteiger partial charge in [0.25, 0.3) is 0 Å². The maximum absolute atomic E-state index is 13.8. The summed E-state index contributed by atoms with van der Waals surface area (Å²) in [6.07, 6.45) is 4.70. The largest absolute Gasteiger partial charge is 0.320 e. The van der Waals surface area contributed by atoms with Crippen LogP contribution in [0, 0.1) is 5.82 Å². The van der Waals surface area contributed by atoms with Crippen LogP contribution in [0.15, 0.2) is 36.7 Å². The molecule has 1 aromatic heterocycles. The lowest BCUT2D eigenvalue weighted by Crippen LogP contribution is -2.29. The monoisotopic (exact) mass is 259 g/mol. The van der Waals surface area contributed by atoms with Crippen LogP contribution < -0.4 is 5.32 Å². The van der Waals surface area contributed by atoms with E-state index < -0.39 is 5.41 Å². The molecule has 1 saturated carbocycles. The third-order valence-electron chi connectivity index (χ3n) is 3.62. The zero-order valence-corrected chi connectivity index (χ0v) is 10.6. The molecule has 0 bridgehead atoms. The van der Waals surface area contributed by atoms with Gasteiger partial charge >= 0.3 is 0 Å². The summed E-state index contributed by atoms with van der Waals surface area (Å²) in [5, 5.41) is 2.76. The summed E-state index contributed by atoms with van der Waals surface area (Å²) in [6.45, 7) is 0. The Balaban J connectivity index is 1.88. The second kappa shape index (κ2) is 4.19. The van der Waals surface area contributed by atoms with E-state index in [0.29, 0.717) is 24.4 Å². The number of nitrogens with one attached hydrogen (secondary N) is 1. The Morgan fingerprint density at radius 1 is 1.42 bits per heavy atom. The molecule has 5 heteroatoms. The van der Waals surface area contributed by atoms with E-state index in [1.54, 1.807) is 42.2 Å². The Kier molecular flexibility index (Phi) is 2.62. The van der Waals surface area contributed by atoms with Crippen LogP contribution in [0.4, 0.5) is 10.3 Å². The molecule has 4 nitrogen and oxygen atoms in total. The van der Waals surface area contributed by atoms with E-state index in [0.717, 1.165) is 0 Å². The first kappa shape index (κ1) is 11.9. The van der Waals surface area contributed by atoms with Crippen LogP contribution in [-0.4, -0.2) is 15.5 Å². The van der Waals surface area contributed by atoms with Gasteiger partial charge in [0.15, 0.2) is 0 Å². The zero-order chi connectivity index (χ0) is 13.5. The van der Waals surface area contributed by atoms with E-state index in [9.17, 15) is 9.18 Å². The molecule has 0 radical (unpaired) electrons. The van der Waals surface area contributed by atoms with Gasteiger partial charge in [0.05, 0.1) is 5.41 Å². The molecule has 1 aromatic carbocycles. The lowest BCUT2D eigenvalue weighted by Gasteiger charge is -2.16. The number of rotatable bonds is 3. The van der Waals surface area contributed by atoms with Gasteiger partial charge in [-0.3, -0.25) is 10.1 Å².